The Morgan fingerprint density at radius 3 is 3.06 bits per heavy atom. The Hall–Kier alpha value is -1.55. The van der Waals surface area contributed by atoms with E-state index in [1.807, 2.05) is 13.1 Å². The highest BCUT2D eigenvalue weighted by Crippen LogP contribution is 2.26. The third-order valence-electron chi connectivity index (χ3n) is 3.14. The minimum absolute atomic E-state index is 1.00. The number of rotatable bonds is 3. The highest BCUT2D eigenvalue weighted by molar-refractivity contribution is 5.79. The number of nitrogens with one attached hydrogen (secondary N) is 1. The van der Waals surface area contributed by atoms with Crippen molar-refractivity contribution >= 4 is 17.0 Å². The summed E-state index contributed by atoms with van der Waals surface area (Å²) in [6, 6.07) is 8.35. The van der Waals surface area contributed by atoms with Gasteiger partial charge in [-0.05, 0) is 19.2 Å². The van der Waals surface area contributed by atoms with Gasteiger partial charge in [0.2, 0.25) is 5.95 Å². The van der Waals surface area contributed by atoms with Crippen LogP contribution in [0.1, 0.15) is 0 Å². The number of benzene rings is 1. The molecule has 16 heavy (non-hydrogen) atoms. The summed E-state index contributed by atoms with van der Waals surface area (Å²) < 4.78 is 2.31. The second kappa shape index (κ2) is 3.79. The molecule has 2 heterocycles. The van der Waals surface area contributed by atoms with E-state index in [9.17, 15) is 0 Å². The molecule has 0 atom stereocenters. The summed E-state index contributed by atoms with van der Waals surface area (Å²) in [4.78, 5) is 7.03. The molecule has 1 aromatic heterocycles. The molecule has 0 fully saturated rings. The van der Waals surface area contributed by atoms with Crippen LogP contribution in [0, 0.1) is 0 Å². The second-order valence-electron chi connectivity index (χ2n) is 4.14. The first kappa shape index (κ1) is 9.66. The summed E-state index contributed by atoms with van der Waals surface area (Å²) in [7, 11) is 1.99. The predicted octanol–water partition coefficient (Wildman–Crippen LogP) is 1.08. The highest BCUT2D eigenvalue weighted by atomic mass is 15.4. The van der Waals surface area contributed by atoms with E-state index in [0.29, 0.717) is 0 Å². The maximum absolute atomic E-state index is 4.69. The number of anilines is 1. The van der Waals surface area contributed by atoms with Gasteiger partial charge in [0.05, 0.1) is 11.0 Å². The topological polar surface area (TPSA) is 33.1 Å². The Balaban J connectivity index is 1.99. The van der Waals surface area contributed by atoms with Gasteiger partial charge in [0.15, 0.2) is 0 Å². The Labute approximate surface area is 94.9 Å². The lowest BCUT2D eigenvalue weighted by atomic mass is 10.3. The molecule has 1 aliphatic heterocycles. The lowest BCUT2D eigenvalue weighted by Crippen LogP contribution is -2.29. The Bertz CT molecular complexity index is 503. The maximum Gasteiger partial charge on any atom is 0.206 e. The van der Waals surface area contributed by atoms with Crippen LogP contribution in [0.25, 0.3) is 11.0 Å². The van der Waals surface area contributed by atoms with E-state index in [4.69, 9.17) is 0 Å². The summed E-state index contributed by atoms with van der Waals surface area (Å²) >= 11 is 0. The smallest absolute Gasteiger partial charge is 0.206 e. The standard InChI is InChI=1S/C12H16N4/c1-13-6-7-15-8-9-16-11-5-3-2-4-10(11)14-12(15)16/h2-5,13H,6-9H2,1H3. The number of aromatic nitrogens is 2. The monoisotopic (exact) mass is 216 g/mol. The molecule has 1 aliphatic rings. The minimum Gasteiger partial charge on any atom is -0.339 e. The molecule has 84 valence electrons. The highest BCUT2D eigenvalue weighted by Gasteiger charge is 2.22. The van der Waals surface area contributed by atoms with Crippen LogP contribution in [-0.4, -0.2) is 36.2 Å². The molecular formula is C12H16N4. The minimum atomic E-state index is 1.00. The van der Waals surface area contributed by atoms with Crippen molar-refractivity contribution in [3.8, 4) is 0 Å². The summed E-state index contributed by atoms with van der Waals surface area (Å²) in [5.41, 5.74) is 2.36. The SMILES string of the molecule is CNCCN1CCn2c1nc1ccccc12. The number of fused-ring (bicyclic) bond motifs is 3. The third-order valence-corrected chi connectivity index (χ3v) is 3.14. The van der Waals surface area contributed by atoms with Crippen LogP contribution in [0.3, 0.4) is 0 Å². The van der Waals surface area contributed by atoms with Crippen molar-refractivity contribution in [3.05, 3.63) is 24.3 Å². The molecule has 0 spiro atoms. The van der Waals surface area contributed by atoms with Gasteiger partial charge in [0.1, 0.15) is 0 Å². The van der Waals surface area contributed by atoms with Gasteiger partial charge in [-0.1, -0.05) is 12.1 Å². The van der Waals surface area contributed by atoms with Crippen molar-refractivity contribution < 1.29 is 0 Å². The zero-order valence-electron chi connectivity index (χ0n) is 9.48. The van der Waals surface area contributed by atoms with Crippen molar-refractivity contribution in [3.63, 3.8) is 0 Å². The first-order chi connectivity index (χ1) is 7.90. The van der Waals surface area contributed by atoms with Crippen molar-refractivity contribution in [2.45, 2.75) is 6.54 Å². The van der Waals surface area contributed by atoms with E-state index in [2.05, 4.69) is 38.0 Å². The molecule has 0 radical (unpaired) electrons. The van der Waals surface area contributed by atoms with Gasteiger partial charge in [-0.25, -0.2) is 4.98 Å². The Morgan fingerprint density at radius 2 is 2.19 bits per heavy atom. The summed E-state index contributed by atoms with van der Waals surface area (Å²) in [5.74, 6) is 1.12. The van der Waals surface area contributed by atoms with Crippen molar-refractivity contribution in [1.82, 2.24) is 14.9 Å². The second-order valence-corrected chi connectivity index (χ2v) is 4.14. The van der Waals surface area contributed by atoms with E-state index in [-0.39, 0.29) is 0 Å². The Kier molecular flexibility index (Phi) is 2.29. The van der Waals surface area contributed by atoms with Gasteiger partial charge in [-0.2, -0.15) is 0 Å². The first-order valence-electron chi connectivity index (χ1n) is 5.75. The number of para-hydroxylation sites is 2. The normalized spacial score (nSPS) is 14.7. The van der Waals surface area contributed by atoms with Gasteiger partial charge in [0, 0.05) is 26.2 Å². The van der Waals surface area contributed by atoms with Gasteiger partial charge in [0.25, 0.3) is 0 Å². The van der Waals surface area contributed by atoms with Crippen molar-refractivity contribution in [2.75, 3.05) is 31.6 Å². The third kappa shape index (κ3) is 1.38. The maximum atomic E-state index is 4.69. The average Bonchev–Trinajstić information content (AvgIpc) is 2.85. The van der Waals surface area contributed by atoms with Gasteiger partial charge in [-0.15, -0.1) is 0 Å². The molecule has 0 saturated carbocycles. The molecular weight excluding hydrogens is 200 g/mol. The molecule has 4 heteroatoms. The van der Waals surface area contributed by atoms with Crippen LogP contribution in [-0.2, 0) is 6.54 Å². The zero-order valence-corrected chi connectivity index (χ0v) is 9.48. The largest absolute Gasteiger partial charge is 0.339 e. The molecule has 1 N–H and O–H groups in total. The lowest BCUT2D eigenvalue weighted by molar-refractivity contribution is 0.728. The van der Waals surface area contributed by atoms with Gasteiger partial charge >= 0.3 is 0 Å². The van der Waals surface area contributed by atoms with E-state index >= 15 is 0 Å². The molecule has 0 unspecified atom stereocenters. The van der Waals surface area contributed by atoms with Crippen LogP contribution < -0.4 is 10.2 Å². The number of imidazole rings is 1. The summed E-state index contributed by atoms with van der Waals surface area (Å²) in [5, 5.41) is 3.18. The van der Waals surface area contributed by atoms with E-state index < -0.39 is 0 Å². The number of likely N-dealkylation sites (N-methyl/N-ethyl adjacent to an activating group) is 1. The Morgan fingerprint density at radius 1 is 1.31 bits per heavy atom. The fourth-order valence-corrected chi connectivity index (χ4v) is 2.30. The van der Waals surface area contributed by atoms with Crippen LogP contribution in [0.4, 0.5) is 5.95 Å². The van der Waals surface area contributed by atoms with Crippen LogP contribution in [0.5, 0.6) is 0 Å². The van der Waals surface area contributed by atoms with E-state index in [0.717, 1.165) is 37.6 Å². The van der Waals surface area contributed by atoms with Gasteiger partial charge < -0.3 is 14.8 Å². The van der Waals surface area contributed by atoms with Crippen LogP contribution in [0.15, 0.2) is 24.3 Å². The fraction of sp³-hybridized carbons (Fsp3) is 0.417. The van der Waals surface area contributed by atoms with Gasteiger partial charge in [-0.3, -0.25) is 0 Å². The molecule has 1 aromatic carbocycles. The number of hydrogen-bond acceptors (Lipinski definition) is 3. The quantitative estimate of drug-likeness (QED) is 0.833. The summed E-state index contributed by atoms with van der Waals surface area (Å²) in [6.07, 6.45) is 0. The predicted molar refractivity (Wildman–Crippen MR) is 65.9 cm³/mol. The molecule has 0 aliphatic carbocycles. The molecule has 0 amide bonds. The molecule has 3 rings (SSSR count). The summed E-state index contributed by atoms with van der Waals surface area (Å²) in [6.45, 7) is 4.16. The van der Waals surface area contributed by atoms with Crippen LogP contribution >= 0.6 is 0 Å². The molecule has 0 bridgehead atoms. The lowest BCUT2D eigenvalue weighted by Gasteiger charge is -2.14. The molecule has 0 saturated heterocycles. The van der Waals surface area contributed by atoms with E-state index in [1.54, 1.807) is 0 Å². The van der Waals surface area contributed by atoms with Crippen molar-refractivity contribution in [2.24, 2.45) is 0 Å². The first-order valence-corrected chi connectivity index (χ1v) is 5.75. The van der Waals surface area contributed by atoms with Crippen LogP contribution in [0.2, 0.25) is 0 Å². The molecule has 4 nitrogen and oxygen atoms in total. The zero-order chi connectivity index (χ0) is 11.0. The molecule has 2 aromatic rings. The average molecular weight is 216 g/mol. The number of nitrogens with zero attached hydrogens (tertiary/aromatic N) is 3. The van der Waals surface area contributed by atoms with E-state index in [1.165, 1.54) is 5.52 Å². The number of hydrogen-bond donors (Lipinski definition) is 1. The fourth-order valence-electron chi connectivity index (χ4n) is 2.30. The van der Waals surface area contributed by atoms with Crippen molar-refractivity contribution in [1.29, 1.82) is 0 Å².